The summed E-state index contributed by atoms with van der Waals surface area (Å²) in [5.41, 5.74) is 0.910. The predicted octanol–water partition coefficient (Wildman–Crippen LogP) is -0.385. The van der Waals surface area contributed by atoms with Crippen LogP contribution in [0.15, 0.2) is 6.20 Å². The number of likely N-dealkylation sites (tertiary alicyclic amines) is 1. The zero-order valence-corrected chi connectivity index (χ0v) is 12.2. The van der Waals surface area contributed by atoms with Crippen LogP contribution in [0.5, 0.6) is 0 Å². The standard InChI is InChI=1S/C13H22N4O3/c1-15(2)6-9-4-10(18)7-17(9)8-12-11(13(19)20)5-14-16(12)3/h5,9-10,18H,4,6-8H2,1-3H3,(H,19,20). The number of aryl methyl sites for hydroxylation is 1. The van der Waals surface area contributed by atoms with E-state index in [9.17, 15) is 15.0 Å². The van der Waals surface area contributed by atoms with Crippen LogP contribution in [0.2, 0.25) is 0 Å². The summed E-state index contributed by atoms with van der Waals surface area (Å²) in [6.45, 7) is 1.91. The van der Waals surface area contributed by atoms with E-state index >= 15 is 0 Å². The molecule has 0 aliphatic carbocycles. The van der Waals surface area contributed by atoms with Crippen LogP contribution in [0.1, 0.15) is 22.5 Å². The highest BCUT2D eigenvalue weighted by Gasteiger charge is 2.32. The SMILES string of the molecule is CN(C)CC1CC(O)CN1Cc1c(C(=O)O)cnn1C. The number of β-amino-alcohol motifs (C(OH)–C–C–N with tert-alkyl or cyclic N) is 1. The zero-order valence-electron chi connectivity index (χ0n) is 12.2. The van der Waals surface area contributed by atoms with Gasteiger partial charge in [0.1, 0.15) is 5.56 Å². The average molecular weight is 282 g/mol. The van der Waals surface area contributed by atoms with Gasteiger partial charge in [0, 0.05) is 32.7 Å². The lowest BCUT2D eigenvalue weighted by molar-refractivity contribution is 0.0693. The minimum atomic E-state index is -0.961. The Balaban J connectivity index is 2.15. The number of aromatic nitrogens is 2. The Kier molecular flexibility index (Phi) is 4.42. The molecule has 0 saturated carbocycles. The third-order valence-electron chi connectivity index (χ3n) is 3.73. The molecule has 2 atom stereocenters. The van der Waals surface area contributed by atoms with E-state index in [0.29, 0.717) is 18.8 Å². The Morgan fingerprint density at radius 2 is 2.25 bits per heavy atom. The maximum atomic E-state index is 11.2. The van der Waals surface area contributed by atoms with E-state index < -0.39 is 5.97 Å². The van der Waals surface area contributed by atoms with Crippen LogP contribution < -0.4 is 0 Å². The molecule has 0 bridgehead atoms. The first-order valence-electron chi connectivity index (χ1n) is 6.69. The van der Waals surface area contributed by atoms with Gasteiger partial charge in [0.25, 0.3) is 0 Å². The first-order chi connectivity index (χ1) is 9.38. The molecule has 2 unspecified atom stereocenters. The number of carbonyl (C=O) groups is 1. The van der Waals surface area contributed by atoms with Gasteiger partial charge < -0.3 is 15.1 Å². The van der Waals surface area contributed by atoms with Gasteiger partial charge in [-0.25, -0.2) is 4.79 Å². The van der Waals surface area contributed by atoms with Gasteiger partial charge >= 0.3 is 5.97 Å². The third kappa shape index (κ3) is 3.17. The van der Waals surface area contributed by atoms with Crippen molar-refractivity contribution in [2.45, 2.75) is 25.1 Å². The Hall–Kier alpha value is -1.44. The van der Waals surface area contributed by atoms with Gasteiger partial charge in [0.05, 0.1) is 18.0 Å². The van der Waals surface area contributed by atoms with Crippen LogP contribution in [0.4, 0.5) is 0 Å². The van der Waals surface area contributed by atoms with Crippen LogP contribution in [-0.4, -0.2) is 75.1 Å². The van der Waals surface area contributed by atoms with E-state index in [0.717, 1.165) is 13.0 Å². The zero-order chi connectivity index (χ0) is 14.9. The molecule has 0 amide bonds. The third-order valence-corrected chi connectivity index (χ3v) is 3.73. The van der Waals surface area contributed by atoms with Crippen molar-refractivity contribution >= 4 is 5.97 Å². The van der Waals surface area contributed by atoms with E-state index in [1.807, 2.05) is 14.1 Å². The molecule has 112 valence electrons. The monoisotopic (exact) mass is 282 g/mol. The molecular weight excluding hydrogens is 260 g/mol. The number of carboxylic acid groups (broad SMARTS) is 1. The summed E-state index contributed by atoms with van der Waals surface area (Å²) < 4.78 is 1.60. The van der Waals surface area contributed by atoms with Crippen molar-refractivity contribution < 1.29 is 15.0 Å². The Bertz CT molecular complexity index is 486. The van der Waals surface area contributed by atoms with Crippen LogP contribution in [-0.2, 0) is 13.6 Å². The summed E-state index contributed by atoms with van der Waals surface area (Å²) >= 11 is 0. The van der Waals surface area contributed by atoms with Crippen molar-refractivity contribution in [2.24, 2.45) is 7.05 Å². The second-order valence-electron chi connectivity index (χ2n) is 5.67. The van der Waals surface area contributed by atoms with Crippen molar-refractivity contribution in [2.75, 3.05) is 27.2 Å². The fourth-order valence-electron chi connectivity index (χ4n) is 2.78. The summed E-state index contributed by atoms with van der Waals surface area (Å²) in [5, 5.41) is 23.1. The summed E-state index contributed by atoms with van der Waals surface area (Å²) in [7, 11) is 5.74. The maximum Gasteiger partial charge on any atom is 0.339 e. The van der Waals surface area contributed by atoms with Gasteiger partial charge in [-0.1, -0.05) is 0 Å². The lowest BCUT2D eigenvalue weighted by Gasteiger charge is -2.26. The number of carboxylic acids is 1. The number of rotatable bonds is 5. The number of hydrogen-bond donors (Lipinski definition) is 2. The molecule has 1 fully saturated rings. The highest BCUT2D eigenvalue weighted by atomic mass is 16.4. The Labute approximate surface area is 118 Å². The van der Waals surface area contributed by atoms with Crippen molar-refractivity contribution in [1.82, 2.24) is 19.6 Å². The van der Waals surface area contributed by atoms with Crippen molar-refractivity contribution in [1.29, 1.82) is 0 Å². The van der Waals surface area contributed by atoms with E-state index in [1.165, 1.54) is 6.20 Å². The van der Waals surface area contributed by atoms with Gasteiger partial charge in [-0.3, -0.25) is 9.58 Å². The van der Waals surface area contributed by atoms with E-state index in [1.54, 1.807) is 11.7 Å². The summed E-state index contributed by atoms with van der Waals surface area (Å²) in [6, 6.07) is 0.233. The largest absolute Gasteiger partial charge is 0.478 e. The molecule has 7 nitrogen and oxygen atoms in total. The molecule has 1 aliphatic heterocycles. The maximum absolute atomic E-state index is 11.2. The van der Waals surface area contributed by atoms with Crippen molar-refractivity contribution in [3.8, 4) is 0 Å². The number of nitrogens with zero attached hydrogens (tertiary/aromatic N) is 4. The first-order valence-corrected chi connectivity index (χ1v) is 6.69. The molecular formula is C13H22N4O3. The summed E-state index contributed by atoms with van der Waals surface area (Å²) in [5.74, 6) is -0.961. The second kappa shape index (κ2) is 5.90. The van der Waals surface area contributed by atoms with Crippen LogP contribution in [0, 0.1) is 0 Å². The summed E-state index contributed by atoms with van der Waals surface area (Å²) in [4.78, 5) is 15.4. The smallest absolute Gasteiger partial charge is 0.339 e. The minimum Gasteiger partial charge on any atom is -0.478 e. The second-order valence-corrected chi connectivity index (χ2v) is 5.67. The highest BCUT2D eigenvalue weighted by molar-refractivity contribution is 5.88. The number of likely N-dealkylation sites (N-methyl/N-ethyl adjacent to an activating group) is 1. The molecule has 0 aromatic carbocycles. The molecule has 1 saturated heterocycles. The molecule has 0 radical (unpaired) electrons. The van der Waals surface area contributed by atoms with Gasteiger partial charge in [-0.15, -0.1) is 0 Å². The number of aromatic carboxylic acids is 1. The van der Waals surface area contributed by atoms with Crippen LogP contribution >= 0.6 is 0 Å². The summed E-state index contributed by atoms with van der Waals surface area (Å²) in [6.07, 6.45) is 1.75. The molecule has 20 heavy (non-hydrogen) atoms. The average Bonchev–Trinajstić information content (AvgIpc) is 2.84. The molecule has 7 heteroatoms. The minimum absolute atomic E-state index is 0.233. The number of aliphatic hydroxyl groups is 1. The molecule has 1 aliphatic rings. The molecule has 1 aromatic heterocycles. The van der Waals surface area contributed by atoms with E-state index in [4.69, 9.17) is 0 Å². The van der Waals surface area contributed by atoms with Crippen molar-refractivity contribution in [3.05, 3.63) is 17.5 Å². The van der Waals surface area contributed by atoms with Gasteiger partial charge in [0.2, 0.25) is 0 Å². The molecule has 1 aromatic rings. The normalized spacial score (nSPS) is 23.6. The molecule has 2 heterocycles. The lowest BCUT2D eigenvalue weighted by Crippen LogP contribution is -2.37. The molecule has 0 spiro atoms. The van der Waals surface area contributed by atoms with E-state index in [2.05, 4.69) is 14.9 Å². The lowest BCUT2D eigenvalue weighted by atomic mass is 10.2. The fourth-order valence-corrected chi connectivity index (χ4v) is 2.78. The van der Waals surface area contributed by atoms with Crippen LogP contribution in [0.25, 0.3) is 0 Å². The first kappa shape index (κ1) is 15.0. The van der Waals surface area contributed by atoms with Gasteiger partial charge in [-0.2, -0.15) is 5.10 Å². The van der Waals surface area contributed by atoms with Crippen LogP contribution in [0.3, 0.4) is 0 Å². The van der Waals surface area contributed by atoms with Gasteiger partial charge in [-0.05, 0) is 20.5 Å². The Morgan fingerprint density at radius 1 is 1.55 bits per heavy atom. The quantitative estimate of drug-likeness (QED) is 0.766. The van der Waals surface area contributed by atoms with Gasteiger partial charge in [0.15, 0.2) is 0 Å². The fraction of sp³-hybridized carbons (Fsp3) is 0.692. The molecule has 2 rings (SSSR count). The number of aliphatic hydroxyl groups excluding tert-OH is 1. The topological polar surface area (TPSA) is 81.8 Å². The van der Waals surface area contributed by atoms with Crippen molar-refractivity contribution in [3.63, 3.8) is 0 Å². The Morgan fingerprint density at radius 3 is 2.85 bits per heavy atom. The predicted molar refractivity (Wildman–Crippen MR) is 73.5 cm³/mol. The van der Waals surface area contributed by atoms with E-state index in [-0.39, 0.29) is 17.7 Å². The highest BCUT2D eigenvalue weighted by Crippen LogP contribution is 2.22. The molecule has 2 N–H and O–H groups in total. The number of hydrogen-bond acceptors (Lipinski definition) is 5.